The molecule has 0 amide bonds. The number of rotatable bonds is 4. The van der Waals surface area contributed by atoms with Gasteiger partial charge in [-0.05, 0) is 35.9 Å². The molecule has 0 atom stereocenters. The van der Waals surface area contributed by atoms with Crippen molar-refractivity contribution in [3.8, 4) is 16.9 Å². The van der Waals surface area contributed by atoms with Crippen LogP contribution in [0.1, 0.15) is 10.4 Å². The van der Waals surface area contributed by atoms with Gasteiger partial charge in [0.25, 0.3) is 0 Å². The molecular formula is C14H11F2NO3. The fourth-order valence-electron chi connectivity index (χ4n) is 1.79. The molecule has 0 saturated carbocycles. The first kappa shape index (κ1) is 13.8. The molecule has 0 radical (unpaired) electrons. The Kier molecular flexibility index (Phi) is 3.84. The van der Waals surface area contributed by atoms with Crippen molar-refractivity contribution in [1.82, 2.24) is 0 Å². The third-order valence-corrected chi connectivity index (χ3v) is 2.64. The van der Waals surface area contributed by atoms with E-state index in [1.807, 2.05) is 0 Å². The number of anilines is 1. The van der Waals surface area contributed by atoms with Crippen LogP contribution in [0.5, 0.6) is 5.75 Å². The molecule has 6 heteroatoms. The van der Waals surface area contributed by atoms with E-state index in [4.69, 9.17) is 10.8 Å². The summed E-state index contributed by atoms with van der Waals surface area (Å²) in [5.41, 5.74) is 6.89. The Morgan fingerprint density at radius 3 is 2.55 bits per heavy atom. The predicted molar refractivity (Wildman–Crippen MR) is 69.9 cm³/mol. The highest BCUT2D eigenvalue weighted by Crippen LogP contribution is 2.33. The minimum Gasteiger partial charge on any atom is -0.478 e. The van der Waals surface area contributed by atoms with E-state index in [2.05, 4.69) is 4.74 Å². The molecule has 0 aliphatic rings. The lowest BCUT2D eigenvalue weighted by Gasteiger charge is -2.12. The molecular weight excluding hydrogens is 268 g/mol. The Morgan fingerprint density at radius 1 is 1.20 bits per heavy atom. The second-order valence-electron chi connectivity index (χ2n) is 4.02. The zero-order chi connectivity index (χ0) is 14.7. The van der Waals surface area contributed by atoms with Gasteiger partial charge in [0, 0.05) is 11.3 Å². The minimum absolute atomic E-state index is 0.131. The molecule has 2 aromatic rings. The van der Waals surface area contributed by atoms with Crippen LogP contribution in [0.4, 0.5) is 14.5 Å². The lowest BCUT2D eigenvalue weighted by Crippen LogP contribution is -2.05. The smallest absolute Gasteiger partial charge is 0.387 e. The van der Waals surface area contributed by atoms with Crippen LogP contribution in [0.2, 0.25) is 0 Å². The topological polar surface area (TPSA) is 72.6 Å². The van der Waals surface area contributed by atoms with Crippen molar-refractivity contribution >= 4 is 11.7 Å². The largest absolute Gasteiger partial charge is 0.478 e. The highest BCUT2D eigenvalue weighted by Gasteiger charge is 2.14. The zero-order valence-corrected chi connectivity index (χ0v) is 10.2. The molecule has 2 aromatic carbocycles. The number of carboxylic acid groups (broad SMARTS) is 1. The number of hydrogen-bond acceptors (Lipinski definition) is 3. The van der Waals surface area contributed by atoms with Crippen LogP contribution in [0, 0.1) is 0 Å². The molecule has 4 nitrogen and oxygen atoms in total. The number of ether oxygens (including phenoxy) is 1. The van der Waals surface area contributed by atoms with E-state index in [0.717, 1.165) is 6.07 Å². The summed E-state index contributed by atoms with van der Waals surface area (Å²) in [5, 5.41) is 8.89. The summed E-state index contributed by atoms with van der Waals surface area (Å²) in [4.78, 5) is 10.9. The number of halogens is 2. The second-order valence-corrected chi connectivity index (χ2v) is 4.02. The van der Waals surface area contributed by atoms with Crippen molar-refractivity contribution in [3.63, 3.8) is 0 Å². The van der Waals surface area contributed by atoms with Gasteiger partial charge in [0.1, 0.15) is 5.75 Å². The number of nitrogen functional groups attached to an aromatic ring is 1. The molecule has 0 bridgehead atoms. The summed E-state index contributed by atoms with van der Waals surface area (Å²) in [6.45, 7) is -3.04. The number of hydrogen-bond donors (Lipinski definition) is 2. The SMILES string of the molecule is Nc1cccc(-c2ccc(C(=O)O)cc2OC(F)F)c1. The number of benzene rings is 2. The van der Waals surface area contributed by atoms with Crippen molar-refractivity contribution in [3.05, 3.63) is 48.0 Å². The van der Waals surface area contributed by atoms with Crippen molar-refractivity contribution in [1.29, 1.82) is 0 Å². The Hall–Kier alpha value is -2.63. The third kappa shape index (κ3) is 3.03. The third-order valence-electron chi connectivity index (χ3n) is 2.64. The molecule has 0 fully saturated rings. The van der Waals surface area contributed by atoms with Crippen LogP contribution in [0.15, 0.2) is 42.5 Å². The molecule has 2 rings (SSSR count). The number of nitrogens with two attached hydrogens (primary N) is 1. The van der Waals surface area contributed by atoms with Crippen molar-refractivity contribution < 1.29 is 23.4 Å². The van der Waals surface area contributed by atoms with Crippen LogP contribution in [-0.4, -0.2) is 17.7 Å². The van der Waals surface area contributed by atoms with Gasteiger partial charge in [0.05, 0.1) is 5.56 Å². The first-order valence-electron chi connectivity index (χ1n) is 5.65. The average Bonchev–Trinajstić information content (AvgIpc) is 2.37. The molecule has 20 heavy (non-hydrogen) atoms. The Labute approximate surface area is 113 Å². The molecule has 104 valence electrons. The van der Waals surface area contributed by atoms with Crippen LogP contribution in [-0.2, 0) is 0 Å². The van der Waals surface area contributed by atoms with Gasteiger partial charge >= 0.3 is 12.6 Å². The summed E-state index contributed by atoms with van der Waals surface area (Å²) in [6.07, 6.45) is 0. The molecule has 0 aliphatic heterocycles. The maximum absolute atomic E-state index is 12.4. The summed E-state index contributed by atoms with van der Waals surface area (Å²) in [6, 6.07) is 10.4. The van der Waals surface area contributed by atoms with Gasteiger partial charge in [-0.15, -0.1) is 0 Å². The van der Waals surface area contributed by atoms with Gasteiger partial charge < -0.3 is 15.6 Å². The van der Waals surface area contributed by atoms with Gasteiger partial charge in [0.15, 0.2) is 0 Å². The molecule has 0 aromatic heterocycles. The summed E-state index contributed by atoms with van der Waals surface area (Å²) in [5.74, 6) is -1.42. The van der Waals surface area contributed by atoms with Crippen LogP contribution in [0.25, 0.3) is 11.1 Å². The Balaban J connectivity index is 2.53. The van der Waals surface area contributed by atoms with Crippen LogP contribution < -0.4 is 10.5 Å². The van der Waals surface area contributed by atoms with Gasteiger partial charge in [-0.3, -0.25) is 0 Å². The lowest BCUT2D eigenvalue weighted by molar-refractivity contribution is -0.0495. The van der Waals surface area contributed by atoms with E-state index in [9.17, 15) is 13.6 Å². The molecule has 0 spiro atoms. The van der Waals surface area contributed by atoms with Crippen molar-refractivity contribution in [2.45, 2.75) is 6.61 Å². The van der Waals surface area contributed by atoms with E-state index < -0.39 is 12.6 Å². The first-order valence-corrected chi connectivity index (χ1v) is 5.65. The molecule has 0 saturated heterocycles. The maximum Gasteiger partial charge on any atom is 0.387 e. The average molecular weight is 279 g/mol. The monoisotopic (exact) mass is 279 g/mol. The summed E-state index contributed by atoms with van der Waals surface area (Å²) >= 11 is 0. The van der Waals surface area contributed by atoms with E-state index in [0.29, 0.717) is 16.8 Å². The van der Waals surface area contributed by atoms with Gasteiger partial charge in [-0.1, -0.05) is 12.1 Å². The van der Waals surface area contributed by atoms with E-state index >= 15 is 0 Å². The molecule has 0 unspecified atom stereocenters. The fourth-order valence-corrected chi connectivity index (χ4v) is 1.79. The van der Waals surface area contributed by atoms with Gasteiger partial charge in [-0.2, -0.15) is 8.78 Å². The maximum atomic E-state index is 12.4. The quantitative estimate of drug-likeness (QED) is 0.843. The Bertz CT molecular complexity index is 644. The zero-order valence-electron chi connectivity index (χ0n) is 10.2. The van der Waals surface area contributed by atoms with Crippen LogP contribution >= 0.6 is 0 Å². The molecule has 0 heterocycles. The highest BCUT2D eigenvalue weighted by molar-refractivity contribution is 5.90. The number of carboxylic acids is 1. The predicted octanol–water partition coefficient (Wildman–Crippen LogP) is 3.24. The summed E-state index contributed by atoms with van der Waals surface area (Å²) < 4.78 is 29.3. The van der Waals surface area contributed by atoms with Crippen molar-refractivity contribution in [2.75, 3.05) is 5.73 Å². The number of carbonyl (C=O) groups is 1. The van der Waals surface area contributed by atoms with Gasteiger partial charge in [0.2, 0.25) is 0 Å². The lowest BCUT2D eigenvalue weighted by atomic mass is 10.0. The van der Waals surface area contributed by atoms with E-state index in [1.54, 1.807) is 24.3 Å². The van der Waals surface area contributed by atoms with Crippen LogP contribution in [0.3, 0.4) is 0 Å². The summed E-state index contributed by atoms with van der Waals surface area (Å²) in [7, 11) is 0. The molecule has 0 aliphatic carbocycles. The second kappa shape index (κ2) is 5.56. The van der Waals surface area contributed by atoms with E-state index in [-0.39, 0.29) is 11.3 Å². The normalized spacial score (nSPS) is 10.6. The van der Waals surface area contributed by atoms with Crippen molar-refractivity contribution in [2.24, 2.45) is 0 Å². The van der Waals surface area contributed by atoms with E-state index in [1.165, 1.54) is 12.1 Å². The highest BCUT2D eigenvalue weighted by atomic mass is 19.3. The standard InChI is InChI=1S/C14H11F2NO3/c15-14(16)20-12-7-9(13(18)19)4-5-11(12)8-2-1-3-10(17)6-8/h1-7,14H,17H2,(H,18,19). The fraction of sp³-hybridized carbons (Fsp3) is 0.0714. The minimum atomic E-state index is -3.04. The van der Waals surface area contributed by atoms with Gasteiger partial charge in [-0.25, -0.2) is 4.79 Å². The number of alkyl halides is 2. The molecule has 3 N–H and O–H groups in total. The Morgan fingerprint density at radius 2 is 1.95 bits per heavy atom. The number of aromatic carboxylic acids is 1. The first-order chi connectivity index (χ1) is 9.47.